The largest absolute Gasteiger partial charge is 0.481 e. The first-order valence-corrected chi connectivity index (χ1v) is 11.9. The molecular weight excluding hydrogens is 412 g/mol. The van der Waals surface area contributed by atoms with E-state index >= 15 is 0 Å². The van der Waals surface area contributed by atoms with Crippen molar-refractivity contribution in [3.05, 3.63) is 17.0 Å². The predicted octanol–water partition coefficient (Wildman–Crippen LogP) is 1.63. The number of likely N-dealkylation sites (tertiary alicyclic amines) is 1. The van der Waals surface area contributed by atoms with Crippen molar-refractivity contribution in [1.29, 1.82) is 0 Å². The van der Waals surface area contributed by atoms with Gasteiger partial charge < -0.3 is 20.1 Å². The van der Waals surface area contributed by atoms with Gasteiger partial charge in [0, 0.05) is 45.8 Å². The molecule has 2 amide bonds. The Morgan fingerprint density at radius 2 is 2.06 bits per heavy atom. The van der Waals surface area contributed by atoms with Crippen LogP contribution in [0, 0.1) is 11.3 Å². The Kier molecular flexibility index (Phi) is 6.83. The van der Waals surface area contributed by atoms with Crippen LogP contribution in [0.15, 0.2) is 0 Å². The van der Waals surface area contributed by atoms with Gasteiger partial charge in [-0.15, -0.1) is 0 Å². The Morgan fingerprint density at radius 3 is 2.75 bits per heavy atom. The first kappa shape index (κ1) is 22.8. The van der Waals surface area contributed by atoms with Gasteiger partial charge in [0.25, 0.3) is 5.91 Å². The van der Waals surface area contributed by atoms with Crippen LogP contribution in [0.5, 0.6) is 0 Å². The molecule has 1 aromatic heterocycles. The summed E-state index contributed by atoms with van der Waals surface area (Å²) in [5, 5.41) is 17.0. The molecule has 1 aromatic rings. The van der Waals surface area contributed by atoms with E-state index in [1.807, 2.05) is 11.6 Å². The van der Waals surface area contributed by atoms with E-state index in [1.54, 1.807) is 4.90 Å². The van der Waals surface area contributed by atoms with Gasteiger partial charge in [0.1, 0.15) is 0 Å². The summed E-state index contributed by atoms with van der Waals surface area (Å²) in [5.41, 5.74) is 2.63. The minimum atomic E-state index is -0.822. The second-order valence-electron chi connectivity index (χ2n) is 9.44. The fourth-order valence-corrected chi connectivity index (χ4v) is 5.24. The molecule has 3 aliphatic rings. The SMILES string of the molecule is CCc1nn(CCCCC(=O)N2CCC(C(=O)O)C2)c2c1C(=O)NCC1(CCOCC1)C2. The van der Waals surface area contributed by atoms with Gasteiger partial charge >= 0.3 is 5.97 Å². The summed E-state index contributed by atoms with van der Waals surface area (Å²) in [4.78, 5) is 38.1. The maximum atomic E-state index is 12.9. The molecule has 2 fully saturated rings. The number of ether oxygens (including phenoxy) is 1. The molecule has 2 N–H and O–H groups in total. The minimum absolute atomic E-state index is 0.0222. The summed E-state index contributed by atoms with van der Waals surface area (Å²) in [5.74, 6) is -1.25. The Morgan fingerprint density at radius 1 is 1.28 bits per heavy atom. The second kappa shape index (κ2) is 9.60. The lowest BCUT2D eigenvalue weighted by molar-refractivity contribution is -0.141. The van der Waals surface area contributed by atoms with Gasteiger partial charge in [0.2, 0.25) is 5.91 Å². The van der Waals surface area contributed by atoms with Crippen LogP contribution in [0.1, 0.15) is 67.2 Å². The molecule has 0 aromatic carbocycles. The molecule has 4 rings (SSSR count). The molecule has 4 heterocycles. The van der Waals surface area contributed by atoms with Crippen molar-refractivity contribution < 1.29 is 24.2 Å². The van der Waals surface area contributed by atoms with Crippen molar-refractivity contribution in [2.75, 3.05) is 32.8 Å². The average Bonchev–Trinajstić information content (AvgIpc) is 3.38. The van der Waals surface area contributed by atoms with Crippen LogP contribution in [0.4, 0.5) is 0 Å². The second-order valence-corrected chi connectivity index (χ2v) is 9.44. The van der Waals surface area contributed by atoms with Gasteiger partial charge in [0.15, 0.2) is 0 Å². The Labute approximate surface area is 188 Å². The van der Waals surface area contributed by atoms with Crippen LogP contribution in [0.25, 0.3) is 0 Å². The van der Waals surface area contributed by atoms with E-state index < -0.39 is 11.9 Å². The summed E-state index contributed by atoms with van der Waals surface area (Å²) in [6.07, 6.45) is 5.85. The number of amides is 2. The maximum absolute atomic E-state index is 12.9. The molecule has 1 atom stereocenters. The van der Waals surface area contributed by atoms with Crippen molar-refractivity contribution in [2.24, 2.45) is 11.3 Å². The van der Waals surface area contributed by atoms with Crippen molar-refractivity contribution in [1.82, 2.24) is 20.0 Å². The molecule has 176 valence electrons. The van der Waals surface area contributed by atoms with Crippen molar-refractivity contribution >= 4 is 17.8 Å². The lowest BCUT2D eigenvalue weighted by Crippen LogP contribution is -2.40. The van der Waals surface area contributed by atoms with E-state index in [0.717, 1.165) is 55.8 Å². The number of aryl methyl sites for hydroxylation is 2. The highest BCUT2D eigenvalue weighted by Gasteiger charge is 2.39. The van der Waals surface area contributed by atoms with Crippen molar-refractivity contribution in [3.8, 4) is 0 Å². The molecule has 0 saturated carbocycles. The van der Waals surface area contributed by atoms with E-state index in [-0.39, 0.29) is 17.2 Å². The molecule has 3 aliphatic heterocycles. The van der Waals surface area contributed by atoms with E-state index in [9.17, 15) is 14.4 Å². The topological polar surface area (TPSA) is 114 Å². The number of carbonyl (C=O) groups excluding carboxylic acids is 2. The Hall–Kier alpha value is -2.42. The number of rotatable bonds is 7. The number of fused-ring (bicyclic) bond motifs is 1. The monoisotopic (exact) mass is 446 g/mol. The van der Waals surface area contributed by atoms with Gasteiger partial charge in [-0.2, -0.15) is 5.10 Å². The third-order valence-electron chi connectivity index (χ3n) is 7.31. The molecule has 2 saturated heterocycles. The van der Waals surface area contributed by atoms with Crippen LogP contribution in [-0.4, -0.2) is 70.4 Å². The smallest absolute Gasteiger partial charge is 0.308 e. The van der Waals surface area contributed by atoms with Gasteiger partial charge in [0.05, 0.1) is 22.9 Å². The van der Waals surface area contributed by atoms with Crippen LogP contribution >= 0.6 is 0 Å². The Balaban J connectivity index is 1.39. The lowest BCUT2D eigenvalue weighted by atomic mass is 9.76. The van der Waals surface area contributed by atoms with Crippen LogP contribution in [0.3, 0.4) is 0 Å². The van der Waals surface area contributed by atoms with Gasteiger partial charge in [-0.05, 0) is 50.4 Å². The zero-order valence-electron chi connectivity index (χ0n) is 18.9. The fraction of sp³-hybridized carbons (Fsp3) is 0.739. The summed E-state index contributed by atoms with van der Waals surface area (Å²) in [6.45, 7) is 5.67. The number of carboxylic acid groups (broad SMARTS) is 1. The number of aromatic nitrogens is 2. The van der Waals surface area contributed by atoms with E-state index in [0.29, 0.717) is 51.9 Å². The van der Waals surface area contributed by atoms with E-state index in [1.165, 1.54) is 0 Å². The summed E-state index contributed by atoms with van der Waals surface area (Å²) in [6, 6.07) is 0. The number of nitrogens with one attached hydrogen (secondary N) is 1. The standard InChI is InChI=1S/C23H34N4O5/c1-2-17-20-18(13-23(15-24-21(20)29)7-11-32-12-8-23)27(25-17)9-4-3-5-19(28)26-10-6-16(14-26)22(30)31/h16H,2-15H2,1H3,(H,24,29)(H,30,31). The molecule has 0 bridgehead atoms. The maximum Gasteiger partial charge on any atom is 0.308 e. The first-order chi connectivity index (χ1) is 15.4. The van der Waals surface area contributed by atoms with Crippen molar-refractivity contribution in [3.63, 3.8) is 0 Å². The molecule has 1 unspecified atom stereocenters. The van der Waals surface area contributed by atoms with E-state index in [2.05, 4.69) is 5.32 Å². The van der Waals surface area contributed by atoms with Crippen molar-refractivity contribution in [2.45, 2.75) is 64.8 Å². The zero-order chi connectivity index (χ0) is 22.7. The number of aliphatic carboxylic acids is 1. The summed E-state index contributed by atoms with van der Waals surface area (Å²) < 4.78 is 7.57. The highest BCUT2D eigenvalue weighted by molar-refractivity contribution is 5.97. The number of nitrogens with zero attached hydrogens (tertiary/aromatic N) is 3. The minimum Gasteiger partial charge on any atom is -0.481 e. The first-order valence-electron chi connectivity index (χ1n) is 11.9. The van der Waals surface area contributed by atoms with Crippen LogP contribution in [-0.2, 0) is 33.7 Å². The highest BCUT2D eigenvalue weighted by Crippen LogP contribution is 2.37. The molecule has 9 nitrogen and oxygen atoms in total. The molecule has 9 heteroatoms. The summed E-state index contributed by atoms with van der Waals surface area (Å²) >= 11 is 0. The quantitative estimate of drug-likeness (QED) is 0.616. The van der Waals surface area contributed by atoms with E-state index in [4.69, 9.17) is 14.9 Å². The zero-order valence-corrected chi connectivity index (χ0v) is 18.9. The molecule has 1 spiro atoms. The predicted molar refractivity (Wildman–Crippen MR) is 116 cm³/mol. The lowest BCUT2D eigenvalue weighted by Gasteiger charge is -2.36. The van der Waals surface area contributed by atoms with Gasteiger partial charge in [-0.3, -0.25) is 19.1 Å². The highest BCUT2D eigenvalue weighted by atomic mass is 16.5. The average molecular weight is 447 g/mol. The third-order valence-corrected chi connectivity index (χ3v) is 7.31. The molecular formula is C23H34N4O5. The Bertz CT molecular complexity index is 874. The molecule has 32 heavy (non-hydrogen) atoms. The number of hydrogen-bond donors (Lipinski definition) is 2. The molecule has 0 aliphatic carbocycles. The van der Waals surface area contributed by atoms with Crippen LogP contribution < -0.4 is 5.32 Å². The fourth-order valence-electron chi connectivity index (χ4n) is 5.24. The van der Waals surface area contributed by atoms with Gasteiger partial charge in [-0.25, -0.2) is 0 Å². The molecule has 0 radical (unpaired) electrons. The number of unbranched alkanes of at least 4 members (excludes halogenated alkanes) is 1. The van der Waals surface area contributed by atoms with Gasteiger partial charge in [-0.1, -0.05) is 6.92 Å². The number of hydrogen-bond acceptors (Lipinski definition) is 5. The normalized spacial score (nSPS) is 22.5. The number of carboxylic acids is 1. The third kappa shape index (κ3) is 4.67. The van der Waals surface area contributed by atoms with Crippen LogP contribution in [0.2, 0.25) is 0 Å². The summed E-state index contributed by atoms with van der Waals surface area (Å²) in [7, 11) is 0. The number of carbonyl (C=O) groups is 3.